The first-order chi connectivity index (χ1) is 9.65. The Morgan fingerprint density at radius 1 is 1.45 bits per heavy atom. The average Bonchev–Trinajstić information content (AvgIpc) is 2.97. The number of nitrogens with two attached hydrogens (primary N) is 1. The van der Waals surface area contributed by atoms with Gasteiger partial charge >= 0.3 is 0 Å². The molecular weight excluding hydrogens is 272 g/mol. The van der Waals surface area contributed by atoms with Gasteiger partial charge in [0.15, 0.2) is 0 Å². The van der Waals surface area contributed by atoms with E-state index in [2.05, 4.69) is 5.32 Å². The second-order valence-electron chi connectivity index (χ2n) is 4.32. The molecular formula is C15H16N2O2S. The second-order valence-corrected chi connectivity index (χ2v) is 5.10. The zero-order valence-electron chi connectivity index (χ0n) is 10.8. The number of aliphatic hydroxyl groups is 1. The van der Waals surface area contributed by atoms with Gasteiger partial charge in [0.1, 0.15) is 0 Å². The Hall–Kier alpha value is -2.11. The van der Waals surface area contributed by atoms with E-state index in [1.54, 1.807) is 18.2 Å². The quantitative estimate of drug-likeness (QED) is 0.583. The Labute approximate surface area is 121 Å². The average molecular weight is 288 g/mol. The van der Waals surface area contributed by atoms with Crippen LogP contribution in [0.1, 0.15) is 17.2 Å². The number of carbonyl (C=O) groups excluding carboxylic acids is 1. The molecule has 1 unspecified atom stereocenters. The van der Waals surface area contributed by atoms with Crippen LogP contribution < -0.4 is 11.1 Å². The molecule has 0 aliphatic carbocycles. The minimum atomic E-state index is -0.675. The standard InChI is InChI=1S/C15H16N2O2S/c16-13-3-1-2-11(8-13)4-5-15(19)17-9-14(18)12-6-7-20-10-12/h1-8,10,14,18H,9,16H2,(H,17,19)/b5-4+. The smallest absolute Gasteiger partial charge is 0.244 e. The Bertz CT molecular complexity index is 594. The van der Waals surface area contributed by atoms with Gasteiger partial charge in [-0.25, -0.2) is 0 Å². The first kappa shape index (κ1) is 14.3. The van der Waals surface area contributed by atoms with E-state index < -0.39 is 6.10 Å². The van der Waals surface area contributed by atoms with Crippen LogP contribution in [0.15, 0.2) is 47.2 Å². The summed E-state index contributed by atoms with van der Waals surface area (Å²) in [4.78, 5) is 11.6. The maximum absolute atomic E-state index is 11.6. The lowest BCUT2D eigenvalue weighted by atomic mass is 10.2. The third kappa shape index (κ3) is 4.22. The largest absolute Gasteiger partial charge is 0.399 e. The van der Waals surface area contributed by atoms with E-state index in [4.69, 9.17) is 5.73 Å². The number of benzene rings is 1. The molecule has 1 aromatic heterocycles. The van der Waals surface area contributed by atoms with Crippen molar-refractivity contribution in [3.63, 3.8) is 0 Å². The Kier molecular flexibility index (Phi) is 4.92. The predicted octanol–water partition coefficient (Wildman–Crippen LogP) is 2.19. The third-order valence-electron chi connectivity index (χ3n) is 2.74. The van der Waals surface area contributed by atoms with Crippen molar-refractivity contribution in [1.82, 2.24) is 5.32 Å². The molecule has 1 amide bonds. The summed E-state index contributed by atoms with van der Waals surface area (Å²) in [6.07, 6.45) is 2.43. The molecule has 4 nitrogen and oxygen atoms in total. The van der Waals surface area contributed by atoms with Crippen LogP contribution in [0, 0.1) is 0 Å². The van der Waals surface area contributed by atoms with Gasteiger partial charge in [0, 0.05) is 18.3 Å². The summed E-state index contributed by atoms with van der Waals surface area (Å²) in [6, 6.07) is 9.09. The first-order valence-electron chi connectivity index (χ1n) is 6.17. The maximum Gasteiger partial charge on any atom is 0.244 e. The van der Waals surface area contributed by atoms with Crippen molar-refractivity contribution in [2.45, 2.75) is 6.10 Å². The summed E-state index contributed by atoms with van der Waals surface area (Å²) in [6.45, 7) is 0.191. The van der Waals surface area contributed by atoms with E-state index in [0.29, 0.717) is 5.69 Å². The van der Waals surface area contributed by atoms with E-state index in [1.807, 2.05) is 29.0 Å². The van der Waals surface area contributed by atoms with Crippen molar-refractivity contribution in [3.8, 4) is 0 Å². The van der Waals surface area contributed by atoms with Crippen LogP contribution in [0.3, 0.4) is 0 Å². The lowest BCUT2D eigenvalue weighted by Gasteiger charge is -2.08. The predicted molar refractivity (Wildman–Crippen MR) is 82.2 cm³/mol. The normalized spacial score (nSPS) is 12.4. The lowest BCUT2D eigenvalue weighted by molar-refractivity contribution is -0.116. The molecule has 1 aromatic carbocycles. The molecule has 1 heterocycles. The molecule has 1 atom stereocenters. The maximum atomic E-state index is 11.6. The number of amides is 1. The highest BCUT2D eigenvalue weighted by molar-refractivity contribution is 7.07. The topological polar surface area (TPSA) is 75.4 Å². The van der Waals surface area contributed by atoms with Crippen LogP contribution in [-0.4, -0.2) is 17.6 Å². The molecule has 0 saturated carbocycles. The van der Waals surface area contributed by atoms with Gasteiger partial charge in [-0.1, -0.05) is 12.1 Å². The fraction of sp³-hybridized carbons (Fsp3) is 0.133. The van der Waals surface area contributed by atoms with Gasteiger partial charge in [-0.3, -0.25) is 4.79 Å². The first-order valence-corrected chi connectivity index (χ1v) is 7.11. The van der Waals surface area contributed by atoms with Crippen molar-refractivity contribution in [2.24, 2.45) is 0 Å². The van der Waals surface area contributed by atoms with Gasteiger partial charge in [0.2, 0.25) is 5.91 Å². The number of thiophene rings is 1. The molecule has 4 N–H and O–H groups in total. The summed E-state index contributed by atoms with van der Waals surface area (Å²) in [5.74, 6) is -0.248. The third-order valence-corrected chi connectivity index (χ3v) is 3.44. The lowest BCUT2D eigenvalue weighted by Crippen LogP contribution is -2.26. The summed E-state index contributed by atoms with van der Waals surface area (Å²) < 4.78 is 0. The number of aliphatic hydroxyl groups excluding tert-OH is 1. The molecule has 0 saturated heterocycles. The summed E-state index contributed by atoms with van der Waals surface area (Å²) >= 11 is 1.51. The number of hydrogen-bond acceptors (Lipinski definition) is 4. The SMILES string of the molecule is Nc1cccc(/C=C/C(=O)NCC(O)c2ccsc2)c1. The van der Waals surface area contributed by atoms with E-state index in [1.165, 1.54) is 17.4 Å². The van der Waals surface area contributed by atoms with Gasteiger partial charge < -0.3 is 16.2 Å². The van der Waals surface area contributed by atoms with Crippen molar-refractivity contribution >= 4 is 29.0 Å². The summed E-state index contributed by atoms with van der Waals surface area (Å²) in [7, 11) is 0. The minimum absolute atomic E-state index is 0.191. The van der Waals surface area contributed by atoms with Gasteiger partial charge in [-0.2, -0.15) is 11.3 Å². The van der Waals surface area contributed by atoms with Gasteiger partial charge in [-0.15, -0.1) is 0 Å². The zero-order valence-corrected chi connectivity index (χ0v) is 11.6. The molecule has 0 aliphatic rings. The van der Waals surface area contributed by atoms with Crippen molar-refractivity contribution in [2.75, 3.05) is 12.3 Å². The number of rotatable bonds is 5. The summed E-state index contributed by atoms with van der Waals surface area (Å²) in [5, 5.41) is 16.2. The molecule has 0 spiro atoms. The highest BCUT2D eigenvalue weighted by Gasteiger charge is 2.08. The Morgan fingerprint density at radius 3 is 3.00 bits per heavy atom. The van der Waals surface area contributed by atoms with Crippen molar-refractivity contribution in [3.05, 3.63) is 58.3 Å². The molecule has 104 valence electrons. The highest BCUT2D eigenvalue weighted by atomic mass is 32.1. The zero-order chi connectivity index (χ0) is 14.4. The van der Waals surface area contributed by atoms with Gasteiger partial charge in [-0.05, 0) is 46.2 Å². The molecule has 0 bridgehead atoms. The minimum Gasteiger partial charge on any atom is -0.399 e. The molecule has 0 radical (unpaired) electrons. The van der Waals surface area contributed by atoms with Crippen LogP contribution in [0.2, 0.25) is 0 Å². The van der Waals surface area contributed by atoms with Crippen LogP contribution in [0.25, 0.3) is 6.08 Å². The van der Waals surface area contributed by atoms with Crippen molar-refractivity contribution in [1.29, 1.82) is 0 Å². The monoisotopic (exact) mass is 288 g/mol. The molecule has 0 fully saturated rings. The van der Waals surface area contributed by atoms with Crippen LogP contribution in [0.4, 0.5) is 5.69 Å². The molecule has 2 rings (SSSR count). The van der Waals surface area contributed by atoms with Crippen LogP contribution in [-0.2, 0) is 4.79 Å². The Balaban J connectivity index is 1.83. The van der Waals surface area contributed by atoms with Gasteiger partial charge in [0.05, 0.1) is 6.10 Å². The number of carbonyl (C=O) groups is 1. The van der Waals surface area contributed by atoms with E-state index in [-0.39, 0.29) is 12.5 Å². The van der Waals surface area contributed by atoms with Crippen LogP contribution in [0.5, 0.6) is 0 Å². The van der Waals surface area contributed by atoms with Gasteiger partial charge in [0.25, 0.3) is 0 Å². The fourth-order valence-corrected chi connectivity index (χ4v) is 2.38. The molecule has 20 heavy (non-hydrogen) atoms. The van der Waals surface area contributed by atoms with E-state index in [0.717, 1.165) is 11.1 Å². The van der Waals surface area contributed by atoms with E-state index >= 15 is 0 Å². The number of hydrogen-bond donors (Lipinski definition) is 3. The second kappa shape index (κ2) is 6.88. The highest BCUT2D eigenvalue weighted by Crippen LogP contribution is 2.15. The number of nitrogen functional groups attached to an aromatic ring is 1. The van der Waals surface area contributed by atoms with E-state index in [9.17, 15) is 9.90 Å². The molecule has 0 aliphatic heterocycles. The molecule has 2 aromatic rings. The Morgan fingerprint density at radius 2 is 2.30 bits per heavy atom. The number of nitrogens with one attached hydrogen (secondary N) is 1. The van der Waals surface area contributed by atoms with Crippen molar-refractivity contribution < 1.29 is 9.90 Å². The molecule has 5 heteroatoms. The fourth-order valence-electron chi connectivity index (χ4n) is 1.67. The number of anilines is 1. The summed E-state index contributed by atoms with van der Waals surface area (Å²) in [5.41, 5.74) is 7.98. The van der Waals surface area contributed by atoms with Crippen LogP contribution >= 0.6 is 11.3 Å².